The molecule has 2 aromatic rings. The number of carbonyl (C=O) groups excluding carboxylic acids is 2. The third-order valence-electron chi connectivity index (χ3n) is 4.32. The van der Waals surface area contributed by atoms with E-state index in [-0.39, 0.29) is 30.8 Å². The van der Waals surface area contributed by atoms with Crippen molar-refractivity contribution in [1.82, 2.24) is 15.2 Å². The number of methoxy groups -OCH3 is 1. The summed E-state index contributed by atoms with van der Waals surface area (Å²) >= 11 is 0. The minimum atomic E-state index is -0.471. The van der Waals surface area contributed by atoms with Gasteiger partial charge in [-0.2, -0.15) is 0 Å². The number of urea groups is 1. The van der Waals surface area contributed by atoms with Crippen LogP contribution in [0, 0.1) is 5.82 Å². The van der Waals surface area contributed by atoms with Crippen molar-refractivity contribution in [3.8, 4) is 0 Å². The van der Waals surface area contributed by atoms with Crippen molar-refractivity contribution in [2.45, 2.75) is 6.54 Å². The van der Waals surface area contributed by atoms with E-state index in [2.05, 4.69) is 15.0 Å². The highest BCUT2D eigenvalue weighted by molar-refractivity contribution is 5.92. The van der Waals surface area contributed by atoms with Gasteiger partial charge in [0.15, 0.2) is 0 Å². The molecule has 0 aliphatic carbocycles. The molecule has 3 rings (SSSR count). The monoisotopic (exact) mass is 408 g/mol. The molecule has 150 valence electrons. The Hall–Kier alpha value is -2.71. The topological polar surface area (TPSA) is 74.8 Å². The van der Waals surface area contributed by atoms with Crippen molar-refractivity contribution in [3.05, 3.63) is 59.7 Å². The number of pyridine rings is 1. The molecule has 0 spiro atoms. The third kappa shape index (κ3) is 5.17. The number of ether oxygens (including phenoxy) is 1. The van der Waals surface area contributed by atoms with Crippen LogP contribution < -0.4 is 10.2 Å². The van der Waals surface area contributed by atoms with E-state index >= 15 is 0 Å². The number of piperazine rings is 1. The van der Waals surface area contributed by atoms with E-state index < -0.39 is 5.97 Å². The lowest BCUT2D eigenvalue weighted by Crippen LogP contribution is -2.51. The Balaban J connectivity index is 0.00000280. The summed E-state index contributed by atoms with van der Waals surface area (Å²) in [5.41, 5.74) is 1.53. The number of hydrogen-bond donors (Lipinski definition) is 1. The van der Waals surface area contributed by atoms with Gasteiger partial charge in [0.2, 0.25) is 0 Å². The van der Waals surface area contributed by atoms with Crippen LogP contribution >= 0.6 is 12.4 Å². The first-order valence-corrected chi connectivity index (χ1v) is 8.64. The van der Waals surface area contributed by atoms with Gasteiger partial charge in [0.05, 0.1) is 24.9 Å². The minimum Gasteiger partial charge on any atom is -0.465 e. The van der Waals surface area contributed by atoms with Gasteiger partial charge in [-0.25, -0.2) is 14.0 Å². The van der Waals surface area contributed by atoms with Crippen LogP contribution in [0.2, 0.25) is 0 Å². The zero-order valence-corrected chi connectivity index (χ0v) is 16.2. The molecule has 1 aromatic carbocycles. The Bertz CT molecular complexity index is 796. The van der Waals surface area contributed by atoms with Gasteiger partial charge in [-0.3, -0.25) is 9.88 Å². The van der Waals surface area contributed by atoms with Crippen molar-refractivity contribution >= 4 is 30.1 Å². The molecule has 1 N–H and O–H groups in total. The number of aromatic nitrogens is 1. The highest BCUT2D eigenvalue weighted by Gasteiger charge is 2.24. The van der Waals surface area contributed by atoms with E-state index in [1.807, 2.05) is 0 Å². The fourth-order valence-electron chi connectivity index (χ4n) is 2.84. The van der Waals surface area contributed by atoms with Crippen molar-refractivity contribution < 1.29 is 18.7 Å². The average Bonchev–Trinajstić information content (AvgIpc) is 2.73. The molecule has 0 unspecified atom stereocenters. The van der Waals surface area contributed by atoms with E-state index in [9.17, 15) is 14.0 Å². The van der Waals surface area contributed by atoms with Gasteiger partial charge >= 0.3 is 12.0 Å². The summed E-state index contributed by atoms with van der Waals surface area (Å²) in [6, 6.07) is 8.89. The van der Waals surface area contributed by atoms with Gasteiger partial charge in [-0.05, 0) is 36.4 Å². The van der Waals surface area contributed by atoms with Crippen LogP contribution in [0.3, 0.4) is 0 Å². The molecule has 1 aromatic heterocycles. The molecule has 2 heterocycles. The first-order chi connectivity index (χ1) is 13.1. The van der Waals surface area contributed by atoms with Gasteiger partial charge in [-0.1, -0.05) is 0 Å². The van der Waals surface area contributed by atoms with Gasteiger partial charge in [-0.15, -0.1) is 12.4 Å². The number of nitrogens with one attached hydrogen (secondary N) is 1. The van der Waals surface area contributed by atoms with Crippen LogP contribution in [0.4, 0.5) is 14.9 Å². The number of carbonyl (C=O) groups is 2. The van der Waals surface area contributed by atoms with E-state index in [1.54, 1.807) is 34.1 Å². The number of nitrogens with zero attached hydrogens (tertiary/aromatic N) is 3. The van der Waals surface area contributed by atoms with Crippen LogP contribution in [-0.4, -0.2) is 55.2 Å². The van der Waals surface area contributed by atoms with E-state index in [1.165, 1.54) is 25.4 Å². The predicted octanol–water partition coefficient (Wildman–Crippen LogP) is 2.46. The minimum absolute atomic E-state index is 0. The molecule has 1 aliphatic rings. The normalized spacial score (nSPS) is 13.4. The molecule has 1 fully saturated rings. The van der Waals surface area contributed by atoms with Crippen LogP contribution in [-0.2, 0) is 11.3 Å². The highest BCUT2D eigenvalue weighted by atomic mass is 35.5. The first-order valence-electron chi connectivity index (χ1n) is 8.64. The second-order valence-electron chi connectivity index (χ2n) is 6.11. The zero-order chi connectivity index (χ0) is 19.2. The maximum atomic E-state index is 13.3. The predicted molar refractivity (Wildman–Crippen MR) is 105 cm³/mol. The van der Waals surface area contributed by atoms with Gasteiger partial charge in [0.1, 0.15) is 5.82 Å². The van der Waals surface area contributed by atoms with E-state index in [4.69, 9.17) is 0 Å². The van der Waals surface area contributed by atoms with E-state index in [0.29, 0.717) is 30.0 Å². The smallest absolute Gasteiger partial charge is 0.339 e. The second kappa shape index (κ2) is 10.0. The zero-order valence-electron chi connectivity index (χ0n) is 15.4. The Morgan fingerprint density at radius 3 is 2.43 bits per heavy atom. The molecule has 0 saturated carbocycles. The highest BCUT2D eigenvalue weighted by Crippen LogP contribution is 2.20. The SMILES string of the molecule is COC(=O)c1ccc(CN(C(=O)N2CCNCC2)c2ccc(F)cc2)nc1.Cl. The van der Waals surface area contributed by atoms with E-state index in [0.717, 1.165) is 13.1 Å². The molecule has 9 heteroatoms. The van der Waals surface area contributed by atoms with Gasteiger partial charge < -0.3 is 15.0 Å². The lowest BCUT2D eigenvalue weighted by atomic mass is 10.2. The number of rotatable bonds is 4. The fourth-order valence-corrected chi connectivity index (χ4v) is 2.84. The molecule has 28 heavy (non-hydrogen) atoms. The summed E-state index contributed by atoms with van der Waals surface area (Å²) in [6.07, 6.45) is 1.42. The summed E-state index contributed by atoms with van der Waals surface area (Å²) in [6.45, 7) is 2.87. The summed E-state index contributed by atoms with van der Waals surface area (Å²) in [7, 11) is 1.30. The standard InChI is InChI=1S/C19H21FN4O3.ClH/c1-27-18(25)14-2-5-16(22-12-14)13-24(17-6-3-15(20)4-7-17)19(26)23-10-8-21-9-11-23;/h2-7,12,21H,8-11,13H2,1H3;1H. The molecule has 0 radical (unpaired) electrons. The molecule has 1 saturated heterocycles. The molecule has 0 bridgehead atoms. The Morgan fingerprint density at radius 2 is 1.86 bits per heavy atom. The van der Waals surface area contributed by atoms with Crippen LogP contribution in [0.15, 0.2) is 42.6 Å². The second-order valence-corrected chi connectivity index (χ2v) is 6.11. The first kappa shape index (κ1) is 21.6. The molecule has 7 nitrogen and oxygen atoms in total. The van der Waals surface area contributed by atoms with Gasteiger partial charge in [0, 0.05) is 38.1 Å². The third-order valence-corrected chi connectivity index (χ3v) is 4.32. The number of halogens is 2. The summed E-state index contributed by atoms with van der Waals surface area (Å²) in [5.74, 6) is -0.838. The maximum Gasteiger partial charge on any atom is 0.339 e. The maximum absolute atomic E-state index is 13.3. The quantitative estimate of drug-likeness (QED) is 0.786. The van der Waals surface area contributed by atoms with Crippen molar-refractivity contribution in [1.29, 1.82) is 0 Å². The fraction of sp³-hybridized carbons (Fsp3) is 0.316. The van der Waals surface area contributed by atoms with Crippen molar-refractivity contribution in [2.24, 2.45) is 0 Å². The van der Waals surface area contributed by atoms with Crippen LogP contribution in [0.1, 0.15) is 16.1 Å². The number of anilines is 1. The molecular formula is C19H22ClFN4O3. The Labute approximate surface area is 168 Å². The number of benzene rings is 1. The number of amides is 2. The van der Waals surface area contributed by atoms with Crippen molar-refractivity contribution in [3.63, 3.8) is 0 Å². The molecular weight excluding hydrogens is 387 g/mol. The van der Waals surface area contributed by atoms with Gasteiger partial charge in [0.25, 0.3) is 0 Å². The molecule has 0 atom stereocenters. The lowest BCUT2D eigenvalue weighted by Gasteiger charge is -2.33. The average molecular weight is 409 g/mol. The Kier molecular flexibility index (Phi) is 7.71. The van der Waals surface area contributed by atoms with Crippen molar-refractivity contribution in [2.75, 3.05) is 38.2 Å². The molecule has 1 aliphatic heterocycles. The summed E-state index contributed by atoms with van der Waals surface area (Å²) in [5, 5.41) is 3.21. The molecule has 2 amide bonds. The number of esters is 1. The summed E-state index contributed by atoms with van der Waals surface area (Å²) < 4.78 is 18.0. The summed E-state index contributed by atoms with van der Waals surface area (Å²) in [4.78, 5) is 32.1. The van der Waals surface area contributed by atoms with Crippen LogP contribution in [0.25, 0.3) is 0 Å². The Morgan fingerprint density at radius 1 is 1.18 bits per heavy atom. The largest absolute Gasteiger partial charge is 0.465 e. The van der Waals surface area contributed by atoms with Crippen LogP contribution in [0.5, 0.6) is 0 Å². The lowest BCUT2D eigenvalue weighted by molar-refractivity contribution is 0.0600. The number of hydrogen-bond acceptors (Lipinski definition) is 5.